The van der Waals surface area contributed by atoms with Crippen molar-refractivity contribution in [2.75, 3.05) is 44.7 Å². The molecule has 1 fully saturated rings. The molecule has 2 N–H and O–H groups in total. The van der Waals surface area contributed by atoms with Gasteiger partial charge in [-0.2, -0.15) is 13.2 Å². The van der Waals surface area contributed by atoms with Gasteiger partial charge in [0.15, 0.2) is 0 Å². The number of aromatic nitrogens is 1. The average Bonchev–Trinajstić information content (AvgIpc) is 2.69. The molecule has 0 unspecified atom stereocenters. The number of alkyl halides is 3. The predicted octanol–water partition coefficient (Wildman–Crippen LogP) is 2.91. The maximum absolute atomic E-state index is 12.6. The fraction of sp³-hybridized carbons (Fsp3) is 0.368. The van der Waals surface area contributed by atoms with Gasteiger partial charge in [-0.1, -0.05) is 0 Å². The van der Waals surface area contributed by atoms with Gasteiger partial charge in [0.1, 0.15) is 5.82 Å². The van der Waals surface area contributed by atoms with Crippen LogP contribution in [0.1, 0.15) is 15.9 Å². The maximum atomic E-state index is 12.6. The van der Waals surface area contributed by atoms with Crippen LogP contribution in [0.5, 0.6) is 0 Å². The van der Waals surface area contributed by atoms with Crippen LogP contribution >= 0.6 is 0 Å². The Morgan fingerprint density at radius 2 is 1.82 bits per heavy atom. The molecule has 3 rings (SSSR count). The molecule has 6 nitrogen and oxygen atoms in total. The molecule has 9 heteroatoms. The topological polar surface area (TPSA) is 66.5 Å². The summed E-state index contributed by atoms with van der Waals surface area (Å²) in [6, 6.07) is 7.88. The highest BCUT2D eigenvalue weighted by molar-refractivity contribution is 5.94. The number of halogens is 3. The van der Waals surface area contributed by atoms with Crippen molar-refractivity contribution in [1.29, 1.82) is 0 Å². The van der Waals surface area contributed by atoms with Gasteiger partial charge in [-0.3, -0.25) is 9.69 Å². The lowest BCUT2D eigenvalue weighted by molar-refractivity contribution is -0.137. The van der Waals surface area contributed by atoms with E-state index in [4.69, 9.17) is 4.74 Å². The van der Waals surface area contributed by atoms with E-state index in [0.717, 1.165) is 31.8 Å². The minimum absolute atomic E-state index is 0.221. The van der Waals surface area contributed by atoms with Crippen molar-refractivity contribution >= 4 is 17.4 Å². The van der Waals surface area contributed by atoms with E-state index in [1.165, 1.54) is 18.3 Å². The number of morpholine rings is 1. The second-order valence-corrected chi connectivity index (χ2v) is 6.34. The van der Waals surface area contributed by atoms with Crippen molar-refractivity contribution in [1.82, 2.24) is 15.2 Å². The van der Waals surface area contributed by atoms with Crippen LogP contribution in [0.4, 0.5) is 24.7 Å². The van der Waals surface area contributed by atoms with Crippen LogP contribution < -0.4 is 10.6 Å². The van der Waals surface area contributed by atoms with Crippen molar-refractivity contribution in [3.8, 4) is 0 Å². The van der Waals surface area contributed by atoms with Gasteiger partial charge in [-0.25, -0.2) is 4.98 Å². The van der Waals surface area contributed by atoms with E-state index in [9.17, 15) is 18.0 Å². The Morgan fingerprint density at radius 1 is 1.11 bits per heavy atom. The predicted molar refractivity (Wildman–Crippen MR) is 98.6 cm³/mol. The number of hydrogen-bond donors (Lipinski definition) is 2. The average molecular weight is 394 g/mol. The Morgan fingerprint density at radius 3 is 2.43 bits per heavy atom. The van der Waals surface area contributed by atoms with Gasteiger partial charge in [0.25, 0.3) is 5.91 Å². The van der Waals surface area contributed by atoms with E-state index in [0.29, 0.717) is 36.8 Å². The van der Waals surface area contributed by atoms with E-state index >= 15 is 0 Å². The number of pyridine rings is 1. The lowest BCUT2D eigenvalue weighted by atomic mass is 10.2. The fourth-order valence-electron chi connectivity index (χ4n) is 2.75. The molecule has 1 amide bonds. The smallest absolute Gasteiger partial charge is 0.379 e. The van der Waals surface area contributed by atoms with Crippen molar-refractivity contribution in [3.05, 3.63) is 53.7 Å². The lowest BCUT2D eigenvalue weighted by Crippen LogP contribution is -2.41. The molecule has 0 saturated carbocycles. The molecule has 0 radical (unpaired) electrons. The van der Waals surface area contributed by atoms with Gasteiger partial charge in [0.2, 0.25) is 0 Å². The molecule has 2 aromatic rings. The number of benzene rings is 1. The minimum Gasteiger partial charge on any atom is -0.379 e. The molecule has 150 valence electrons. The molecule has 1 saturated heterocycles. The first-order chi connectivity index (χ1) is 13.4. The summed E-state index contributed by atoms with van der Waals surface area (Å²) in [6.07, 6.45) is -2.94. The molecule has 1 aliphatic rings. The fourth-order valence-corrected chi connectivity index (χ4v) is 2.75. The monoisotopic (exact) mass is 394 g/mol. The number of nitrogens with one attached hydrogen (secondary N) is 2. The number of rotatable bonds is 6. The van der Waals surface area contributed by atoms with E-state index in [1.807, 2.05) is 0 Å². The van der Waals surface area contributed by atoms with Gasteiger partial charge in [0.05, 0.1) is 24.3 Å². The molecule has 1 aromatic heterocycles. The van der Waals surface area contributed by atoms with Gasteiger partial charge in [-0.05, 0) is 36.4 Å². The van der Waals surface area contributed by atoms with Crippen LogP contribution in [0.25, 0.3) is 0 Å². The van der Waals surface area contributed by atoms with E-state index in [-0.39, 0.29) is 5.91 Å². The summed E-state index contributed by atoms with van der Waals surface area (Å²) in [4.78, 5) is 18.5. The highest BCUT2D eigenvalue weighted by Crippen LogP contribution is 2.30. The zero-order valence-electron chi connectivity index (χ0n) is 15.1. The van der Waals surface area contributed by atoms with Crippen LogP contribution in [-0.4, -0.2) is 55.2 Å². The largest absolute Gasteiger partial charge is 0.416 e. The molecular weight excluding hydrogens is 373 g/mol. The molecule has 0 spiro atoms. The van der Waals surface area contributed by atoms with Crippen molar-refractivity contribution in [2.24, 2.45) is 0 Å². The summed E-state index contributed by atoms with van der Waals surface area (Å²) in [6.45, 7) is 4.44. The summed E-state index contributed by atoms with van der Waals surface area (Å²) in [5.74, 6) is 0.214. The normalized spacial score (nSPS) is 15.2. The number of ether oxygens (including phenoxy) is 1. The molecule has 28 heavy (non-hydrogen) atoms. The second kappa shape index (κ2) is 9.03. The van der Waals surface area contributed by atoms with E-state index in [2.05, 4.69) is 20.5 Å². The Labute approximate surface area is 160 Å². The van der Waals surface area contributed by atoms with E-state index < -0.39 is 11.7 Å². The van der Waals surface area contributed by atoms with Crippen LogP contribution in [0, 0.1) is 0 Å². The third-order valence-corrected chi connectivity index (χ3v) is 4.33. The first kappa shape index (κ1) is 20.1. The standard InChI is InChI=1S/C19H21F3N4O2/c20-19(21,22)15-2-4-16(5-3-15)25-17-6-1-14(13-24-17)18(27)23-7-8-26-9-11-28-12-10-26/h1-6,13H,7-12H2,(H,23,27)(H,24,25). The van der Waals surface area contributed by atoms with Crippen molar-refractivity contribution < 1.29 is 22.7 Å². The number of amides is 1. The Kier molecular flexibility index (Phi) is 6.48. The quantitative estimate of drug-likeness (QED) is 0.789. The summed E-state index contributed by atoms with van der Waals surface area (Å²) in [7, 11) is 0. The number of carbonyl (C=O) groups excluding carboxylic acids is 1. The molecule has 2 heterocycles. The third-order valence-electron chi connectivity index (χ3n) is 4.33. The Bertz CT molecular complexity index is 773. The Balaban J connectivity index is 1.49. The van der Waals surface area contributed by atoms with Crippen molar-refractivity contribution in [3.63, 3.8) is 0 Å². The first-order valence-corrected chi connectivity index (χ1v) is 8.90. The Hall–Kier alpha value is -2.65. The minimum atomic E-state index is -4.37. The van der Waals surface area contributed by atoms with Gasteiger partial charge < -0.3 is 15.4 Å². The molecule has 0 bridgehead atoms. The summed E-state index contributed by atoms with van der Waals surface area (Å²) >= 11 is 0. The van der Waals surface area contributed by atoms with Crippen LogP contribution in [-0.2, 0) is 10.9 Å². The van der Waals surface area contributed by atoms with Gasteiger partial charge >= 0.3 is 6.18 Å². The third kappa shape index (κ3) is 5.67. The van der Waals surface area contributed by atoms with Crippen LogP contribution in [0.15, 0.2) is 42.6 Å². The first-order valence-electron chi connectivity index (χ1n) is 8.90. The number of hydrogen-bond acceptors (Lipinski definition) is 5. The summed E-state index contributed by atoms with van der Waals surface area (Å²) < 4.78 is 43.0. The van der Waals surface area contributed by atoms with Gasteiger partial charge in [-0.15, -0.1) is 0 Å². The molecular formula is C19H21F3N4O2. The van der Waals surface area contributed by atoms with Gasteiger partial charge in [0, 0.05) is 38.1 Å². The molecule has 1 aliphatic heterocycles. The maximum Gasteiger partial charge on any atom is 0.416 e. The van der Waals surface area contributed by atoms with Crippen molar-refractivity contribution in [2.45, 2.75) is 6.18 Å². The highest BCUT2D eigenvalue weighted by atomic mass is 19.4. The molecule has 0 aliphatic carbocycles. The zero-order chi connectivity index (χ0) is 20.0. The van der Waals surface area contributed by atoms with Crippen LogP contribution in [0.2, 0.25) is 0 Å². The number of nitrogens with zero attached hydrogens (tertiary/aromatic N) is 2. The lowest BCUT2D eigenvalue weighted by Gasteiger charge is -2.26. The highest BCUT2D eigenvalue weighted by Gasteiger charge is 2.29. The van der Waals surface area contributed by atoms with E-state index in [1.54, 1.807) is 12.1 Å². The zero-order valence-corrected chi connectivity index (χ0v) is 15.1. The molecule has 1 aromatic carbocycles. The second-order valence-electron chi connectivity index (χ2n) is 6.34. The summed E-state index contributed by atoms with van der Waals surface area (Å²) in [5, 5.41) is 5.75. The number of carbonyl (C=O) groups is 1. The summed E-state index contributed by atoms with van der Waals surface area (Å²) in [5.41, 5.74) is 0.179. The van der Waals surface area contributed by atoms with Crippen LogP contribution in [0.3, 0.4) is 0 Å². The SMILES string of the molecule is O=C(NCCN1CCOCC1)c1ccc(Nc2ccc(C(F)(F)F)cc2)nc1. The molecule has 0 atom stereocenters. The number of anilines is 2.